The molecule has 1 N–H and O–H groups in total. The van der Waals surface area contributed by atoms with Crippen LogP contribution in [0.3, 0.4) is 0 Å². The quantitative estimate of drug-likeness (QED) is 0.579. The summed E-state index contributed by atoms with van der Waals surface area (Å²) in [7, 11) is 2.25. The van der Waals surface area contributed by atoms with Crippen LogP contribution >= 0.6 is 0 Å². The van der Waals surface area contributed by atoms with Crippen molar-refractivity contribution in [1.29, 1.82) is 0 Å². The molecule has 2 nitrogen and oxygen atoms in total. The third-order valence-electron chi connectivity index (χ3n) is 3.42. The fourth-order valence-corrected chi connectivity index (χ4v) is 3.13. The van der Waals surface area contributed by atoms with E-state index < -0.39 is 0 Å². The van der Waals surface area contributed by atoms with Gasteiger partial charge in [-0.2, -0.15) is 0 Å². The first-order chi connectivity index (χ1) is 5.59. The summed E-state index contributed by atoms with van der Waals surface area (Å²) in [4.78, 5) is 2.48. The SMILES string of the molecule is CN1CC2CCNC2C(C)(C)C1. The molecule has 0 radical (unpaired) electrons. The summed E-state index contributed by atoms with van der Waals surface area (Å²) < 4.78 is 0. The van der Waals surface area contributed by atoms with Crippen LogP contribution < -0.4 is 5.32 Å². The molecule has 0 aromatic carbocycles. The third kappa shape index (κ3) is 1.27. The van der Waals surface area contributed by atoms with Gasteiger partial charge < -0.3 is 10.2 Å². The van der Waals surface area contributed by atoms with E-state index in [1.807, 2.05) is 0 Å². The van der Waals surface area contributed by atoms with Gasteiger partial charge >= 0.3 is 0 Å². The molecule has 2 heterocycles. The van der Waals surface area contributed by atoms with Gasteiger partial charge in [0.2, 0.25) is 0 Å². The average Bonchev–Trinajstić information content (AvgIpc) is 2.32. The molecule has 0 bridgehead atoms. The Labute approximate surface area is 75.3 Å². The van der Waals surface area contributed by atoms with Crippen LogP contribution in [-0.2, 0) is 0 Å². The first kappa shape index (κ1) is 8.52. The van der Waals surface area contributed by atoms with E-state index in [1.165, 1.54) is 26.1 Å². The van der Waals surface area contributed by atoms with Crippen LogP contribution in [0.1, 0.15) is 20.3 Å². The van der Waals surface area contributed by atoms with Gasteiger partial charge in [0.15, 0.2) is 0 Å². The standard InChI is InChI=1S/C10H20N2/c1-10(2)7-12(3)6-8-4-5-11-9(8)10/h8-9,11H,4-7H2,1-3H3. The highest BCUT2D eigenvalue weighted by Crippen LogP contribution is 2.36. The second-order valence-electron chi connectivity index (χ2n) is 5.17. The summed E-state index contributed by atoms with van der Waals surface area (Å²) in [5.74, 6) is 0.902. The normalized spacial score (nSPS) is 41.2. The Kier molecular flexibility index (Phi) is 1.92. The Bertz CT molecular complexity index is 177. The van der Waals surface area contributed by atoms with E-state index >= 15 is 0 Å². The van der Waals surface area contributed by atoms with Gasteiger partial charge in [-0.25, -0.2) is 0 Å². The topological polar surface area (TPSA) is 15.3 Å². The lowest BCUT2D eigenvalue weighted by molar-refractivity contribution is 0.0710. The van der Waals surface area contributed by atoms with Crippen LogP contribution in [0.4, 0.5) is 0 Å². The average molecular weight is 168 g/mol. The van der Waals surface area contributed by atoms with Crippen molar-refractivity contribution in [2.75, 3.05) is 26.7 Å². The van der Waals surface area contributed by atoms with Crippen molar-refractivity contribution >= 4 is 0 Å². The molecule has 0 aromatic rings. The van der Waals surface area contributed by atoms with Crippen LogP contribution in [0.2, 0.25) is 0 Å². The summed E-state index contributed by atoms with van der Waals surface area (Å²) in [6.45, 7) is 8.53. The van der Waals surface area contributed by atoms with Crippen molar-refractivity contribution < 1.29 is 0 Å². The highest BCUT2D eigenvalue weighted by molar-refractivity contribution is 4.99. The zero-order valence-electron chi connectivity index (χ0n) is 8.43. The number of nitrogens with one attached hydrogen (secondary N) is 1. The summed E-state index contributed by atoms with van der Waals surface area (Å²) in [5, 5.41) is 3.64. The number of nitrogens with zero attached hydrogens (tertiary/aromatic N) is 1. The van der Waals surface area contributed by atoms with E-state index in [2.05, 4.69) is 31.1 Å². The van der Waals surface area contributed by atoms with E-state index in [4.69, 9.17) is 0 Å². The molecule has 2 heteroatoms. The number of likely N-dealkylation sites (tertiary alicyclic amines) is 1. The van der Waals surface area contributed by atoms with Crippen LogP contribution in [-0.4, -0.2) is 37.6 Å². The van der Waals surface area contributed by atoms with Gasteiger partial charge in [-0.3, -0.25) is 0 Å². The Morgan fingerprint density at radius 3 is 2.92 bits per heavy atom. The van der Waals surface area contributed by atoms with E-state index in [0.717, 1.165) is 12.0 Å². The minimum Gasteiger partial charge on any atom is -0.313 e. The van der Waals surface area contributed by atoms with Crippen LogP contribution in [0, 0.1) is 11.3 Å². The predicted molar refractivity (Wildman–Crippen MR) is 51.2 cm³/mol. The van der Waals surface area contributed by atoms with E-state index in [1.54, 1.807) is 0 Å². The molecule has 2 aliphatic rings. The maximum atomic E-state index is 3.64. The van der Waals surface area contributed by atoms with Gasteiger partial charge in [-0.05, 0) is 31.3 Å². The van der Waals surface area contributed by atoms with Gasteiger partial charge in [-0.15, -0.1) is 0 Å². The monoisotopic (exact) mass is 168 g/mol. The molecule has 2 atom stereocenters. The lowest BCUT2D eigenvalue weighted by Crippen LogP contribution is -2.54. The first-order valence-corrected chi connectivity index (χ1v) is 5.01. The Balaban J connectivity index is 2.15. The minimum atomic E-state index is 0.466. The van der Waals surface area contributed by atoms with Crippen LogP contribution in [0.25, 0.3) is 0 Å². The fourth-order valence-electron chi connectivity index (χ4n) is 3.13. The van der Waals surface area contributed by atoms with Crippen molar-refractivity contribution in [1.82, 2.24) is 10.2 Å². The molecular weight excluding hydrogens is 148 g/mol. The van der Waals surface area contributed by atoms with Crippen molar-refractivity contribution in [3.8, 4) is 0 Å². The molecular formula is C10H20N2. The Hall–Kier alpha value is -0.0800. The minimum absolute atomic E-state index is 0.466. The lowest BCUT2D eigenvalue weighted by atomic mass is 9.75. The number of hydrogen-bond acceptors (Lipinski definition) is 2. The molecule has 2 aliphatic heterocycles. The molecule has 0 aromatic heterocycles. The van der Waals surface area contributed by atoms with Crippen molar-refractivity contribution in [3.05, 3.63) is 0 Å². The summed E-state index contributed by atoms with van der Waals surface area (Å²) >= 11 is 0. The van der Waals surface area contributed by atoms with Crippen molar-refractivity contribution in [3.63, 3.8) is 0 Å². The van der Waals surface area contributed by atoms with E-state index in [-0.39, 0.29) is 0 Å². The molecule has 0 amide bonds. The maximum absolute atomic E-state index is 3.64. The number of piperidine rings is 1. The molecule has 0 aliphatic carbocycles. The Morgan fingerprint density at radius 2 is 2.17 bits per heavy atom. The van der Waals surface area contributed by atoms with Gasteiger partial charge in [0.05, 0.1) is 0 Å². The van der Waals surface area contributed by atoms with E-state index in [9.17, 15) is 0 Å². The largest absolute Gasteiger partial charge is 0.313 e. The number of fused-ring (bicyclic) bond motifs is 1. The molecule has 0 saturated carbocycles. The summed E-state index contributed by atoms with van der Waals surface area (Å²) in [6.07, 6.45) is 1.37. The lowest BCUT2D eigenvalue weighted by Gasteiger charge is -2.44. The van der Waals surface area contributed by atoms with Gasteiger partial charge in [0.25, 0.3) is 0 Å². The van der Waals surface area contributed by atoms with Crippen molar-refractivity contribution in [2.45, 2.75) is 26.3 Å². The maximum Gasteiger partial charge on any atom is 0.0171 e. The molecule has 2 saturated heterocycles. The predicted octanol–water partition coefficient (Wildman–Crippen LogP) is 0.936. The zero-order valence-corrected chi connectivity index (χ0v) is 8.43. The molecule has 2 unspecified atom stereocenters. The second kappa shape index (κ2) is 2.71. The Morgan fingerprint density at radius 1 is 1.42 bits per heavy atom. The zero-order chi connectivity index (χ0) is 8.77. The summed E-state index contributed by atoms with van der Waals surface area (Å²) in [5.41, 5.74) is 0.466. The van der Waals surface area contributed by atoms with Gasteiger partial charge in [0, 0.05) is 19.1 Å². The molecule has 2 rings (SSSR count). The molecule has 12 heavy (non-hydrogen) atoms. The third-order valence-corrected chi connectivity index (χ3v) is 3.42. The van der Waals surface area contributed by atoms with E-state index in [0.29, 0.717) is 5.41 Å². The molecule has 70 valence electrons. The second-order valence-corrected chi connectivity index (χ2v) is 5.17. The number of rotatable bonds is 0. The highest BCUT2D eigenvalue weighted by atomic mass is 15.2. The highest BCUT2D eigenvalue weighted by Gasteiger charge is 2.43. The molecule has 0 spiro atoms. The van der Waals surface area contributed by atoms with Gasteiger partial charge in [0.1, 0.15) is 0 Å². The van der Waals surface area contributed by atoms with Gasteiger partial charge in [-0.1, -0.05) is 13.8 Å². The fraction of sp³-hybridized carbons (Fsp3) is 1.00. The summed E-state index contributed by atoms with van der Waals surface area (Å²) in [6, 6.07) is 0.772. The molecule has 2 fully saturated rings. The smallest absolute Gasteiger partial charge is 0.0171 e. The van der Waals surface area contributed by atoms with Crippen molar-refractivity contribution in [2.24, 2.45) is 11.3 Å². The number of hydrogen-bond donors (Lipinski definition) is 1. The first-order valence-electron chi connectivity index (χ1n) is 5.01. The van der Waals surface area contributed by atoms with Crippen LogP contribution in [0.15, 0.2) is 0 Å². The van der Waals surface area contributed by atoms with Crippen LogP contribution in [0.5, 0.6) is 0 Å².